The lowest BCUT2D eigenvalue weighted by Crippen LogP contribution is -2.34. The Morgan fingerprint density at radius 3 is 2.50 bits per heavy atom. The zero-order chi connectivity index (χ0) is 15.4. The van der Waals surface area contributed by atoms with Gasteiger partial charge in [-0.1, -0.05) is 48.5 Å². The average Bonchev–Trinajstić information content (AvgIpc) is 2.99. The van der Waals surface area contributed by atoms with E-state index in [2.05, 4.69) is 73.8 Å². The first-order valence-corrected chi connectivity index (χ1v) is 8.70. The molecule has 2 aromatic carbocycles. The van der Waals surface area contributed by atoms with Crippen molar-refractivity contribution in [2.75, 3.05) is 6.61 Å². The minimum absolute atomic E-state index is 0.151. The van der Waals surface area contributed by atoms with Gasteiger partial charge in [0.1, 0.15) is 0 Å². The molecule has 1 nitrogen and oxygen atoms in total. The predicted octanol–water partition coefficient (Wildman–Crippen LogP) is 5.48. The van der Waals surface area contributed by atoms with Crippen molar-refractivity contribution in [3.63, 3.8) is 0 Å². The third kappa shape index (κ3) is 3.57. The summed E-state index contributed by atoms with van der Waals surface area (Å²) in [6.07, 6.45) is 1.90. The molecule has 0 saturated carbocycles. The van der Waals surface area contributed by atoms with Gasteiger partial charge in [-0.2, -0.15) is 0 Å². The van der Waals surface area contributed by atoms with E-state index in [9.17, 15) is 0 Å². The molecule has 0 fully saturated rings. The fourth-order valence-electron chi connectivity index (χ4n) is 3.08. The fourth-order valence-corrected chi connectivity index (χ4v) is 3.95. The van der Waals surface area contributed by atoms with Crippen molar-refractivity contribution in [2.24, 2.45) is 0 Å². The van der Waals surface area contributed by atoms with Crippen LogP contribution in [0.15, 0.2) is 60.0 Å². The second kappa shape index (κ2) is 6.64. The summed E-state index contributed by atoms with van der Waals surface area (Å²) in [4.78, 5) is 1.39. The summed E-state index contributed by atoms with van der Waals surface area (Å²) >= 11 is 1.81. The molecular formula is C20H22OS. The molecular weight excluding hydrogens is 288 g/mol. The van der Waals surface area contributed by atoms with E-state index in [0.29, 0.717) is 0 Å². The lowest BCUT2D eigenvalue weighted by atomic mass is 9.91. The first kappa shape index (κ1) is 15.3. The van der Waals surface area contributed by atoms with Crippen LogP contribution >= 0.6 is 11.3 Å². The van der Waals surface area contributed by atoms with Crippen LogP contribution in [0.5, 0.6) is 0 Å². The molecule has 2 heteroatoms. The van der Waals surface area contributed by atoms with Crippen LogP contribution in [-0.2, 0) is 17.6 Å². The van der Waals surface area contributed by atoms with Crippen molar-refractivity contribution in [1.82, 2.24) is 0 Å². The van der Waals surface area contributed by atoms with Crippen LogP contribution < -0.4 is 0 Å². The van der Waals surface area contributed by atoms with Gasteiger partial charge < -0.3 is 4.74 Å². The number of hydrogen-bond donors (Lipinski definition) is 0. The molecule has 3 aromatic rings. The van der Waals surface area contributed by atoms with Crippen molar-refractivity contribution in [3.8, 4) is 0 Å². The fraction of sp³-hybridized carbons (Fsp3) is 0.300. The maximum Gasteiger partial charge on any atom is 0.0742 e. The van der Waals surface area contributed by atoms with Crippen LogP contribution in [0.25, 0.3) is 10.8 Å². The number of thiophene rings is 1. The molecule has 22 heavy (non-hydrogen) atoms. The maximum absolute atomic E-state index is 6.13. The third-order valence-electron chi connectivity index (χ3n) is 4.01. The highest BCUT2D eigenvalue weighted by molar-refractivity contribution is 7.09. The second-order valence-corrected chi connectivity index (χ2v) is 7.03. The summed E-state index contributed by atoms with van der Waals surface area (Å²) in [5.74, 6) is 0. The standard InChI is InChI=1S/C20H22OS/c1-3-21-20(2,15-19-9-6-12-22-19)14-16-10-11-17-7-4-5-8-18(17)13-16/h4-13H,3,14-15H2,1-2H3. The number of ether oxygens (including phenoxy) is 1. The summed E-state index contributed by atoms with van der Waals surface area (Å²) in [5.41, 5.74) is 1.19. The second-order valence-electron chi connectivity index (χ2n) is 6.00. The van der Waals surface area contributed by atoms with Gasteiger partial charge in [-0.05, 0) is 41.6 Å². The molecule has 0 saturated heterocycles. The molecule has 1 aromatic heterocycles. The van der Waals surface area contributed by atoms with Gasteiger partial charge in [0.15, 0.2) is 0 Å². The van der Waals surface area contributed by atoms with Gasteiger partial charge in [-0.15, -0.1) is 11.3 Å². The molecule has 0 aliphatic rings. The minimum atomic E-state index is -0.151. The highest BCUT2D eigenvalue weighted by atomic mass is 32.1. The Morgan fingerprint density at radius 1 is 0.955 bits per heavy atom. The van der Waals surface area contributed by atoms with E-state index >= 15 is 0 Å². The zero-order valence-corrected chi connectivity index (χ0v) is 14.0. The lowest BCUT2D eigenvalue weighted by molar-refractivity contribution is -0.0234. The maximum atomic E-state index is 6.13. The van der Waals surface area contributed by atoms with Gasteiger partial charge in [0.05, 0.1) is 5.60 Å². The lowest BCUT2D eigenvalue weighted by Gasteiger charge is -2.29. The average molecular weight is 310 g/mol. The number of fused-ring (bicyclic) bond motifs is 1. The quantitative estimate of drug-likeness (QED) is 0.585. The normalized spacial score (nSPS) is 14.1. The van der Waals surface area contributed by atoms with Gasteiger partial charge in [0.25, 0.3) is 0 Å². The highest BCUT2D eigenvalue weighted by Gasteiger charge is 2.26. The Balaban J connectivity index is 1.84. The molecule has 0 bridgehead atoms. The van der Waals surface area contributed by atoms with Crippen LogP contribution in [-0.4, -0.2) is 12.2 Å². The summed E-state index contributed by atoms with van der Waals surface area (Å²) < 4.78 is 6.13. The van der Waals surface area contributed by atoms with Gasteiger partial charge in [-0.25, -0.2) is 0 Å². The summed E-state index contributed by atoms with van der Waals surface area (Å²) in [7, 11) is 0. The van der Waals surface area contributed by atoms with Crippen LogP contribution in [0.3, 0.4) is 0 Å². The van der Waals surface area contributed by atoms with E-state index < -0.39 is 0 Å². The molecule has 0 aliphatic carbocycles. The van der Waals surface area contributed by atoms with E-state index in [4.69, 9.17) is 4.74 Å². The Hall–Kier alpha value is -1.64. The summed E-state index contributed by atoms with van der Waals surface area (Å²) in [6, 6.07) is 19.6. The van der Waals surface area contributed by atoms with E-state index in [-0.39, 0.29) is 5.60 Å². The molecule has 1 unspecified atom stereocenters. The van der Waals surface area contributed by atoms with Gasteiger partial charge >= 0.3 is 0 Å². The molecule has 0 N–H and O–H groups in total. The monoisotopic (exact) mass is 310 g/mol. The van der Waals surface area contributed by atoms with Crippen LogP contribution in [0.4, 0.5) is 0 Å². The molecule has 1 atom stereocenters. The summed E-state index contributed by atoms with van der Waals surface area (Å²) in [6.45, 7) is 5.05. The Labute approximate surface area is 136 Å². The first-order valence-electron chi connectivity index (χ1n) is 7.82. The molecule has 114 valence electrons. The molecule has 0 spiro atoms. The van der Waals surface area contributed by atoms with Gasteiger partial charge in [-0.3, -0.25) is 0 Å². The smallest absolute Gasteiger partial charge is 0.0742 e. The van der Waals surface area contributed by atoms with E-state index in [0.717, 1.165) is 19.4 Å². The topological polar surface area (TPSA) is 9.23 Å². The van der Waals surface area contributed by atoms with Crippen molar-refractivity contribution >= 4 is 22.1 Å². The predicted molar refractivity (Wildman–Crippen MR) is 95.7 cm³/mol. The first-order chi connectivity index (χ1) is 10.7. The Kier molecular flexibility index (Phi) is 4.60. The van der Waals surface area contributed by atoms with Crippen LogP contribution in [0, 0.1) is 0 Å². The van der Waals surface area contributed by atoms with E-state index in [1.54, 1.807) is 0 Å². The van der Waals surface area contributed by atoms with Crippen LogP contribution in [0.1, 0.15) is 24.3 Å². The van der Waals surface area contributed by atoms with Gasteiger partial charge in [0, 0.05) is 24.3 Å². The molecule has 1 heterocycles. The van der Waals surface area contributed by atoms with Crippen molar-refractivity contribution in [3.05, 3.63) is 70.4 Å². The Morgan fingerprint density at radius 2 is 1.77 bits per heavy atom. The zero-order valence-electron chi connectivity index (χ0n) is 13.2. The van der Waals surface area contributed by atoms with Crippen molar-refractivity contribution < 1.29 is 4.74 Å². The molecule has 3 rings (SSSR count). The number of rotatable bonds is 6. The largest absolute Gasteiger partial charge is 0.375 e. The van der Waals surface area contributed by atoms with E-state index in [1.807, 2.05) is 11.3 Å². The SMILES string of the molecule is CCOC(C)(Cc1ccc2ccccc2c1)Cc1cccs1. The summed E-state index contributed by atoms with van der Waals surface area (Å²) in [5, 5.41) is 4.73. The highest BCUT2D eigenvalue weighted by Crippen LogP contribution is 2.26. The number of hydrogen-bond acceptors (Lipinski definition) is 2. The van der Waals surface area contributed by atoms with E-state index in [1.165, 1.54) is 21.2 Å². The number of benzene rings is 2. The molecule has 0 amide bonds. The molecule has 0 aliphatic heterocycles. The third-order valence-corrected chi connectivity index (χ3v) is 4.89. The van der Waals surface area contributed by atoms with Crippen molar-refractivity contribution in [2.45, 2.75) is 32.3 Å². The van der Waals surface area contributed by atoms with Gasteiger partial charge in [0.2, 0.25) is 0 Å². The van der Waals surface area contributed by atoms with Crippen molar-refractivity contribution in [1.29, 1.82) is 0 Å². The van der Waals surface area contributed by atoms with Crippen LogP contribution in [0.2, 0.25) is 0 Å². The Bertz CT molecular complexity index is 732. The minimum Gasteiger partial charge on any atom is -0.375 e. The molecule has 0 radical (unpaired) electrons.